The molecule has 2 rings (SSSR count). The van der Waals surface area contributed by atoms with E-state index in [0.717, 1.165) is 44.3 Å². The van der Waals surface area contributed by atoms with Gasteiger partial charge in [0, 0.05) is 24.7 Å². The van der Waals surface area contributed by atoms with Crippen LogP contribution in [0.4, 0.5) is 13.2 Å². The summed E-state index contributed by atoms with van der Waals surface area (Å²) < 4.78 is 42.7. The summed E-state index contributed by atoms with van der Waals surface area (Å²) in [5, 5.41) is 3.23. The molecule has 1 N–H and O–H groups in total. The Morgan fingerprint density at radius 1 is 1.44 bits per heavy atom. The average molecular weight is 260 g/mol. The number of nitrogens with one attached hydrogen (secondary N) is 1. The van der Waals surface area contributed by atoms with Crippen LogP contribution in [0.2, 0.25) is 0 Å². The van der Waals surface area contributed by atoms with Crippen LogP contribution < -0.4 is 10.1 Å². The molecule has 0 radical (unpaired) electrons. The fourth-order valence-corrected chi connectivity index (χ4v) is 1.93. The van der Waals surface area contributed by atoms with Gasteiger partial charge in [0.1, 0.15) is 0 Å². The molecule has 1 aliphatic rings. The number of halogens is 3. The second-order valence-corrected chi connectivity index (χ2v) is 4.40. The summed E-state index contributed by atoms with van der Waals surface area (Å²) in [6.45, 7) is 2.25. The van der Waals surface area contributed by atoms with Gasteiger partial charge in [-0.2, -0.15) is 13.2 Å². The van der Waals surface area contributed by atoms with Crippen LogP contribution in [0.5, 0.6) is 5.88 Å². The molecule has 0 spiro atoms. The third-order valence-corrected chi connectivity index (χ3v) is 2.93. The molecule has 3 nitrogen and oxygen atoms in total. The lowest BCUT2D eigenvalue weighted by atomic mass is 10.0. The van der Waals surface area contributed by atoms with Crippen LogP contribution in [0.1, 0.15) is 18.4 Å². The maximum atomic E-state index is 12.5. The molecule has 0 amide bonds. The minimum Gasteiger partial charge on any atom is -0.477 e. The fraction of sp³-hybridized carbons (Fsp3) is 0.583. The Labute approximate surface area is 103 Å². The Kier molecular flexibility index (Phi) is 4.06. The van der Waals surface area contributed by atoms with E-state index in [0.29, 0.717) is 12.5 Å². The zero-order valence-electron chi connectivity index (χ0n) is 9.83. The van der Waals surface area contributed by atoms with E-state index in [9.17, 15) is 13.2 Å². The largest absolute Gasteiger partial charge is 0.477 e. The lowest BCUT2D eigenvalue weighted by molar-refractivity contribution is -0.137. The first-order valence-electron chi connectivity index (χ1n) is 5.92. The SMILES string of the molecule is FC(F)(F)c1ccnc(OC[C@H]2CCCNC2)c1. The number of ether oxygens (including phenoxy) is 1. The monoisotopic (exact) mass is 260 g/mol. The van der Waals surface area contributed by atoms with E-state index < -0.39 is 11.7 Å². The molecular weight excluding hydrogens is 245 g/mol. The Morgan fingerprint density at radius 3 is 2.94 bits per heavy atom. The van der Waals surface area contributed by atoms with Gasteiger partial charge in [0.25, 0.3) is 0 Å². The standard InChI is InChI=1S/C12H15F3N2O/c13-12(14,15)10-3-5-17-11(6-10)18-8-9-2-1-4-16-7-9/h3,5-6,9,16H,1-2,4,7-8H2/t9-/m0/s1. The van der Waals surface area contributed by atoms with E-state index in [4.69, 9.17) is 4.74 Å². The molecule has 0 bridgehead atoms. The number of rotatable bonds is 3. The summed E-state index contributed by atoms with van der Waals surface area (Å²) in [5.74, 6) is 0.380. The number of hydrogen-bond acceptors (Lipinski definition) is 3. The molecule has 1 aliphatic heterocycles. The van der Waals surface area contributed by atoms with Gasteiger partial charge in [-0.1, -0.05) is 0 Å². The summed E-state index contributed by atoms with van der Waals surface area (Å²) in [5.41, 5.74) is -0.728. The van der Waals surface area contributed by atoms with Crippen LogP contribution in [0.25, 0.3) is 0 Å². The lowest BCUT2D eigenvalue weighted by Gasteiger charge is -2.22. The number of nitrogens with zero attached hydrogens (tertiary/aromatic N) is 1. The van der Waals surface area contributed by atoms with Gasteiger partial charge in [0.05, 0.1) is 12.2 Å². The summed E-state index contributed by atoms with van der Waals surface area (Å²) in [6.07, 6.45) is -1.12. The third-order valence-electron chi connectivity index (χ3n) is 2.93. The molecular formula is C12H15F3N2O. The highest BCUT2D eigenvalue weighted by Gasteiger charge is 2.31. The highest BCUT2D eigenvalue weighted by Crippen LogP contribution is 2.30. The topological polar surface area (TPSA) is 34.1 Å². The maximum Gasteiger partial charge on any atom is 0.416 e. The highest BCUT2D eigenvalue weighted by molar-refractivity contribution is 5.22. The molecule has 1 aromatic rings. The van der Waals surface area contributed by atoms with Gasteiger partial charge in [0.15, 0.2) is 0 Å². The smallest absolute Gasteiger partial charge is 0.416 e. The van der Waals surface area contributed by atoms with Crippen molar-refractivity contribution in [3.63, 3.8) is 0 Å². The van der Waals surface area contributed by atoms with Crippen LogP contribution in [0.3, 0.4) is 0 Å². The molecule has 0 unspecified atom stereocenters. The van der Waals surface area contributed by atoms with Gasteiger partial charge in [-0.05, 0) is 25.5 Å². The second-order valence-electron chi connectivity index (χ2n) is 4.40. The number of aromatic nitrogens is 1. The van der Waals surface area contributed by atoms with E-state index in [1.807, 2.05) is 0 Å². The second kappa shape index (κ2) is 5.56. The minimum absolute atomic E-state index is 0.0374. The van der Waals surface area contributed by atoms with Crippen molar-refractivity contribution >= 4 is 0 Å². The van der Waals surface area contributed by atoms with Crippen LogP contribution in [-0.4, -0.2) is 24.7 Å². The number of alkyl halides is 3. The third kappa shape index (κ3) is 3.60. The Bertz CT molecular complexity index is 389. The van der Waals surface area contributed by atoms with Crippen molar-refractivity contribution in [2.24, 2.45) is 5.92 Å². The van der Waals surface area contributed by atoms with E-state index in [1.165, 1.54) is 0 Å². The molecule has 6 heteroatoms. The van der Waals surface area contributed by atoms with Crippen molar-refractivity contribution < 1.29 is 17.9 Å². The van der Waals surface area contributed by atoms with Crippen molar-refractivity contribution in [3.8, 4) is 5.88 Å². The van der Waals surface area contributed by atoms with Crippen LogP contribution in [0.15, 0.2) is 18.3 Å². The van der Waals surface area contributed by atoms with Gasteiger partial charge < -0.3 is 10.1 Å². The molecule has 0 saturated carbocycles. The van der Waals surface area contributed by atoms with Gasteiger partial charge >= 0.3 is 6.18 Å². The summed E-state index contributed by atoms with van der Waals surface area (Å²) in [6, 6.07) is 1.88. The maximum absolute atomic E-state index is 12.5. The zero-order valence-corrected chi connectivity index (χ0v) is 9.83. The van der Waals surface area contributed by atoms with Crippen LogP contribution in [0, 0.1) is 5.92 Å². The average Bonchev–Trinajstić information content (AvgIpc) is 2.37. The first kappa shape index (κ1) is 13.1. The molecule has 0 aromatic carbocycles. The predicted molar refractivity (Wildman–Crippen MR) is 60.3 cm³/mol. The summed E-state index contributed by atoms with van der Waals surface area (Å²) in [4.78, 5) is 3.79. The van der Waals surface area contributed by atoms with Gasteiger partial charge in [-0.3, -0.25) is 0 Å². The number of pyridine rings is 1. The molecule has 18 heavy (non-hydrogen) atoms. The molecule has 1 fully saturated rings. The Hall–Kier alpha value is -1.30. The van der Waals surface area contributed by atoms with Crippen molar-refractivity contribution in [1.29, 1.82) is 0 Å². The zero-order chi connectivity index (χ0) is 13.0. The van der Waals surface area contributed by atoms with Crippen LogP contribution in [-0.2, 0) is 6.18 Å². The quantitative estimate of drug-likeness (QED) is 0.906. The normalized spacial score (nSPS) is 20.7. The highest BCUT2D eigenvalue weighted by atomic mass is 19.4. The van der Waals surface area contributed by atoms with Gasteiger partial charge in [0.2, 0.25) is 5.88 Å². The lowest BCUT2D eigenvalue weighted by Crippen LogP contribution is -2.33. The molecule has 1 aromatic heterocycles. The van der Waals surface area contributed by atoms with E-state index >= 15 is 0 Å². The minimum atomic E-state index is -4.35. The Balaban J connectivity index is 1.92. The first-order chi connectivity index (χ1) is 8.55. The van der Waals surface area contributed by atoms with E-state index in [1.54, 1.807) is 0 Å². The predicted octanol–water partition coefficient (Wildman–Crippen LogP) is 2.48. The van der Waals surface area contributed by atoms with Crippen molar-refractivity contribution in [2.75, 3.05) is 19.7 Å². The molecule has 1 saturated heterocycles. The Morgan fingerprint density at radius 2 is 2.28 bits per heavy atom. The van der Waals surface area contributed by atoms with Crippen molar-refractivity contribution in [3.05, 3.63) is 23.9 Å². The van der Waals surface area contributed by atoms with E-state index in [2.05, 4.69) is 10.3 Å². The van der Waals surface area contributed by atoms with Gasteiger partial charge in [-0.15, -0.1) is 0 Å². The summed E-state index contributed by atoms with van der Waals surface area (Å²) in [7, 11) is 0. The molecule has 0 aliphatic carbocycles. The van der Waals surface area contributed by atoms with E-state index in [-0.39, 0.29) is 5.88 Å². The fourth-order valence-electron chi connectivity index (χ4n) is 1.93. The number of piperidine rings is 1. The van der Waals surface area contributed by atoms with Gasteiger partial charge in [-0.25, -0.2) is 4.98 Å². The molecule has 100 valence electrons. The molecule has 1 atom stereocenters. The number of hydrogen-bond donors (Lipinski definition) is 1. The molecule has 2 heterocycles. The van der Waals surface area contributed by atoms with Crippen molar-refractivity contribution in [2.45, 2.75) is 19.0 Å². The first-order valence-corrected chi connectivity index (χ1v) is 5.92. The van der Waals surface area contributed by atoms with Crippen LogP contribution >= 0.6 is 0 Å². The summed E-state index contributed by atoms with van der Waals surface area (Å²) >= 11 is 0. The van der Waals surface area contributed by atoms with Crippen molar-refractivity contribution in [1.82, 2.24) is 10.3 Å².